The highest BCUT2D eigenvalue weighted by Gasteiger charge is 2.29. The molecule has 4 rings (SSSR count). The van der Waals surface area contributed by atoms with Crippen molar-refractivity contribution in [1.29, 1.82) is 0 Å². The summed E-state index contributed by atoms with van der Waals surface area (Å²) in [5.41, 5.74) is 0.841. The maximum atomic E-state index is 13.5. The van der Waals surface area contributed by atoms with E-state index in [-0.39, 0.29) is 23.0 Å². The first-order chi connectivity index (χ1) is 17.9. The van der Waals surface area contributed by atoms with Gasteiger partial charge in [-0.05, 0) is 70.1 Å². The summed E-state index contributed by atoms with van der Waals surface area (Å²) in [7, 11) is 3.18. The molecule has 37 heavy (non-hydrogen) atoms. The van der Waals surface area contributed by atoms with Gasteiger partial charge in [-0.15, -0.1) is 11.8 Å². The van der Waals surface area contributed by atoms with Gasteiger partial charge in [-0.3, -0.25) is 9.00 Å². The van der Waals surface area contributed by atoms with Crippen molar-refractivity contribution in [3.05, 3.63) is 51.2 Å². The third-order valence-corrected chi connectivity index (χ3v) is 10.3. The van der Waals surface area contributed by atoms with E-state index in [1.165, 1.54) is 4.24 Å². The zero-order chi connectivity index (χ0) is 26.2. The second kappa shape index (κ2) is 14.0. The van der Waals surface area contributed by atoms with E-state index in [0.29, 0.717) is 24.7 Å². The van der Waals surface area contributed by atoms with Gasteiger partial charge in [0.15, 0.2) is 11.8 Å². The fraction of sp³-hybridized carbons (Fsp3) is 0.556. The highest BCUT2D eigenvalue weighted by atomic mass is 32.2. The van der Waals surface area contributed by atoms with Crippen molar-refractivity contribution in [2.24, 2.45) is 11.1 Å². The lowest BCUT2D eigenvalue weighted by Gasteiger charge is -2.14. The van der Waals surface area contributed by atoms with Crippen LogP contribution in [0.2, 0.25) is 0 Å². The molecule has 202 valence electrons. The molecule has 1 saturated heterocycles. The lowest BCUT2D eigenvalue weighted by atomic mass is 10.1. The van der Waals surface area contributed by atoms with Crippen LogP contribution in [0.15, 0.2) is 55.7 Å². The minimum atomic E-state index is -0.995. The number of hydrogen-bond acceptors (Lipinski definition) is 8. The molecule has 3 atom stereocenters. The molecule has 0 spiro atoms. The van der Waals surface area contributed by atoms with Gasteiger partial charge in [-0.1, -0.05) is 48.1 Å². The Balaban J connectivity index is 1.45. The second-order valence-electron chi connectivity index (χ2n) is 9.88. The van der Waals surface area contributed by atoms with E-state index in [2.05, 4.69) is 48.5 Å². The van der Waals surface area contributed by atoms with Crippen molar-refractivity contribution < 1.29 is 18.6 Å². The standard InChI is InChI=1S/C27H37N3O4S3/c1-19-5-12-24(36-25(17-19)35-16-4-14-30(2)3)28-27(31)26(29-34-21-13-15-33-18-21)20-6-8-22(9-7-20)37(32)23-10-11-23/h6-9,12,17,19,21,23H,4-5,10-11,13-16,18H2,1-3H3,(H,28,31)/b29-26+/t19?,21-,37?/m1/s1. The third kappa shape index (κ3) is 8.99. The molecule has 0 bridgehead atoms. The molecule has 2 fully saturated rings. The molecule has 1 aliphatic carbocycles. The van der Waals surface area contributed by atoms with Gasteiger partial charge in [0.1, 0.15) is 0 Å². The quantitative estimate of drug-likeness (QED) is 0.224. The molecule has 1 saturated carbocycles. The molecular formula is C27H37N3O4S3. The number of thioether (sulfide) groups is 2. The minimum absolute atomic E-state index is 0.162. The van der Waals surface area contributed by atoms with Crippen LogP contribution in [-0.4, -0.2) is 71.7 Å². The van der Waals surface area contributed by atoms with Gasteiger partial charge in [-0.25, -0.2) is 0 Å². The van der Waals surface area contributed by atoms with Crippen LogP contribution < -0.4 is 5.32 Å². The fourth-order valence-electron chi connectivity index (χ4n) is 3.83. The number of hydrogen-bond donors (Lipinski definition) is 1. The maximum Gasteiger partial charge on any atom is 0.278 e. The zero-order valence-corrected chi connectivity index (χ0v) is 24.3. The predicted octanol–water partition coefficient (Wildman–Crippen LogP) is 4.72. The van der Waals surface area contributed by atoms with Gasteiger partial charge in [0.25, 0.3) is 5.91 Å². The predicted molar refractivity (Wildman–Crippen MR) is 154 cm³/mol. The van der Waals surface area contributed by atoms with E-state index in [0.717, 1.165) is 54.3 Å². The Morgan fingerprint density at radius 3 is 2.73 bits per heavy atom. The smallest absolute Gasteiger partial charge is 0.278 e. The summed E-state index contributed by atoms with van der Waals surface area (Å²) < 4.78 is 19.1. The first-order valence-electron chi connectivity index (χ1n) is 12.9. The number of nitrogens with one attached hydrogen (secondary N) is 1. The van der Waals surface area contributed by atoms with Crippen LogP contribution in [0, 0.1) is 5.92 Å². The van der Waals surface area contributed by atoms with E-state index in [9.17, 15) is 9.00 Å². The zero-order valence-electron chi connectivity index (χ0n) is 21.8. The Kier molecular flexibility index (Phi) is 10.7. The Morgan fingerprint density at radius 1 is 1.27 bits per heavy atom. The van der Waals surface area contributed by atoms with Crippen molar-refractivity contribution in [3.63, 3.8) is 0 Å². The van der Waals surface area contributed by atoms with Crippen molar-refractivity contribution in [3.8, 4) is 0 Å². The van der Waals surface area contributed by atoms with E-state index < -0.39 is 10.8 Å². The van der Waals surface area contributed by atoms with Gasteiger partial charge in [0.2, 0.25) is 0 Å². The van der Waals surface area contributed by atoms with Crippen LogP contribution in [0.1, 0.15) is 44.6 Å². The molecule has 7 nitrogen and oxygen atoms in total. The van der Waals surface area contributed by atoms with Gasteiger partial charge >= 0.3 is 0 Å². The highest BCUT2D eigenvalue weighted by molar-refractivity contribution is 8.23. The van der Waals surface area contributed by atoms with Crippen LogP contribution in [0.4, 0.5) is 0 Å². The topological polar surface area (TPSA) is 80.2 Å². The van der Waals surface area contributed by atoms with E-state index in [1.54, 1.807) is 11.8 Å². The highest BCUT2D eigenvalue weighted by Crippen LogP contribution is 2.38. The van der Waals surface area contributed by atoms with Gasteiger partial charge < -0.3 is 19.8 Å². The summed E-state index contributed by atoms with van der Waals surface area (Å²) in [6.07, 6.45) is 8.94. The molecule has 0 aromatic heterocycles. The number of oxime groups is 1. The van der Waals surface area contributed by atoms with E-state index >= 15 is 0 Å². The number of ether oxygens (including phenoxy) is 1. The Bertz CT molecular complexity index is 1050. The number of carbonyl (C=O) groups is 1. The number of benzene rings is 1. The van der Waals surface area contributed by atoms with Crippen molar-refractivity contribution in [2.45, 2.75) is 55.3 Å². The van der Waals surface area contributed by atoms with Gasteiger partial charge in [-0.2, -0.15) is 0 Å². The SMILES string of the molecule is CC1C=C(SCCCN(C)C)SC(NC(=O)/C(=N/O[C@@H]2CCOC2)c2ccc(S(=O)C3CC3)cc2)=CC1. The normalized spacial score (nSPS) is 23.3. The average Bonchev–Trinajstić information content (AvgIpc) is 3.63. The van der Waals surface area contributed by atoms with Crippen molar-refractivity contribution in [2.75, 3.05) is 39.6 Å². The molecule has 1 amide bonds. The van der Waals surface area contributed by atoms with E-state index in [4.69, 9.17) is 9.57 Å². The molecule has 2 heterocycles. The number of amides is 1. The Morgan fingerprint density at radius 2 is 2.05 bits per heavy atom. The first kappa shape index (κ1) is 28.4. The summed E-state index contributed by atoms with van der Waals surface area (Å²) in [6.45, 7) is 4.35. The number of allylic oxidation sites excluding steroid dienone is 2. The number of nitrogens with zero attached hydrogens (tertiary/aromatic N) is 2. The molecule has 2 unspecified atom stereocenters. The van der Waals surface area contributed by atoms with Gasteiger partial charge in [0, 0.05) is 26.4 Å². The molecule has 1 aromatic carbocycles. The van der Waals surface area contributed by atoms with Crippen LogP contribution in [0.5, 0.6) is 0 Å². The minimum Gasteiger partial charge on any atom is -0.389 e. The molecule has 3 aliphatic rings. The van der Waals surface area contributed by atoms with Crippen LogP contribution in [-0.2, 0) is 25.2 Å². The van der Waals surface area contributed by atoms with Crippen molar-refractivity contribution in [1.82, 2.24) is 10.2 Å². The lowest BCUT2D eigenvalue weighted by Crippen LogP contribution is -2.31. The van der Waals surface area contributed by atoms with Crippen molar-refractivity contribution >= 4 is 45.9 Å². The summed E-state index contributed by atoms with van der Waals surface area (Å²) in [5.74, 6) is 1.11. The number of rotatable bonds is 12. The average molecular weight is 564 g/mol. The summed E-state index contributed by atoms with van der Waals surface area (Å²) in [4.78, 5) is 22.2. The fourth-order valence-corrected chi connectivity index (χ4v) is 7.58. The molecular weight excluding hydrogens is 527 g/mol. The maximum absolute atomic E-state index is 13.5. The summed E-state index contributed by atoms with van der Waals surface area (Å²) >= 11 is 3.44. The third-order valence-electron chi connectivity index (χ3n) is 6.12. The molecule has 0 radical (unpaired) electrons. The van der Waals surface area contributed by atoms with Crippen LogP contribution >= 0.6 is 23.5 Å². The largest absolute Gasteiger partial charge is 0.389 e. The molecule has 2 aliphatic heterocycles. The van der Waals surface area contributed by atoms with E-state index in [1.807, 2.05) is 36.0 Å². The molecule has 10 heteroatoms. The number of carbonyl (C=O) groups excluding carboxylic acids is 1. The molecule has 1 aromatic rings. The Labute approximate surface area is 231 Å². The van der Waals surface area contributed by atoms with Gasteiger partial charge in [0.05, 0.1) is 29.0 Å². The molecule has 1 N–H and O–H groups in total. The monoisotopic (exact) mass is 563 g/mol. The first-order valence-corrected chi connectivity index (χ1v) is 15.9. The Hall–Kier alpha value is -1.59. The second-order valence-corrected chi connectivity index (χ2v) is 14.1. The van der Waals surface area contributed by atoms with Crippen LogP contribution in [0.3, 0.4) is 0 Å². The van der Waals surface area contributed by atoms with Crippen LogP contribution in [0.25, 0.3) is 0 Å². The summed E-state index contributed by atoms with van der Waals surface area (Å²) in [5, 5.41) is 8.44. The summed E-state index contributed by atoms with van der Waals surface area (Å²) in [6, 6.07) is 7.28. The lowest BCUT2D eigenvalue weighted by molar-refractivity contribution is -0.114.